The van der Waals surface area contributed by atoms with E-state index >= 15 is 0 Å². The Balaban J connectivity index is 2.10. The molecule has 1 nitrogen and oxygen atoms in total. The summed E-state index contributed by atoms with van der Waals surface area (Å²) >= 11 is 0. The van der Waals surface area contributed by atoms with Crippen molar-refractivity contribution in [2.24, 2.45) is 0 Å². The molecule has 5 heteroatoms. The van der Waals surface area contributed by atoms with Crippen LogP contribution < -0.4 is 0 Å². The predicted molar refractivity (Wildman–Crippen MR) is 53.4 cm³/mol. The third-order valence-electron chi connectivity index (χ3n) is 2.70. The fourth-order valence-electron chi connectivity index (χ4n) is 1.91. The van der Waals surface area contributed by atoms with E-state index in [9.17, 15) is 12.9 Å². The monoisotopic (exact) mass is 208 g/mol. The maximum atomic E-state index is 11.9. The first-order valence-corrected chi connectivity index (χ1v) is 5.51. The van der Waals surface area contributed by atoms with Gasteiger partial charge in [0.1, 0.15) is 0 Å². The van der Waals surface area contributed by atoms with E-state index in [0.29, 0.717) is 6.54 Å². The van der Waals surface area contributed by atoms with Crippen LogP contribution in [0.5, 0.6) is 0 Å². The van der Waals surface area contributed by atoms with Crippen LogP contribution in [-0.4, -0.2) is 31.5 Å². The number of rotatable bonds is 4. The second-order valence-corrected chi connectivity index (χ2v) is 4.11. The molecule has 1 rings (SSSR count). The molecule has 0 amide bonds. The zero-order valence-electron chi connectivity index (χ0n) is 8.52. The van der Waals surface area contributed by atoms with Crippen LogP contribution >= 0.6 is 0 Å². The van der Waals surface area contributed by atoms with E-state index in [0.717, 1.165) is 25.9 Å². The van der Waals surface area contributed by atoms with Crippen LogP contribution in [0.1, 0.15) is 32.1 Å². The highest BCUT2D eigenvalue weighted by Gasteiger charge is 2.22. The topological polar surface area (TPSA) is 3.24 Å². The lowest BCUT2D eigenvalue weighted by Crippen LogP contribution is -2.27. The molecule has 0 aliphatic carbocycles. The highest BCUT2D eigenvalue weighted by molar-refractivity contribution is 6.58. The summed E-state index contributed by atoms with van der Waals surface area (Å²) in [5, 5.41) is 0. The van der Waals surface area contributed by atoms with Crippen LogP contribution in [-0.2, 0) is 0 Å². The maximum absolute atomic E-state index is 11.9. The van der Waals surface area contributed by atoms with Crippen molar-refractivity contribution >= 4 is 6.98 Å². The molecular weight excluding hydrogens is 190 g/mol. The number of likely N-dealkylation sites (tertiary alicyclic amines) is 1. The molecule has 1 aliphatic heterocycles. The van der Waals surface area contributed by atoms with Crippen molar-refractivity contribution in [3.63, 3.8) is 0 Å². The van der Waals surface area contributed by atoms with Crippen molar-refractivity contribution in [2.75, 3.05) is 19.6 Å². The van der Waals surface area contributed by atoms with Crippen molar-refractivity contribution in [3.8, 4) is 0 Å². The van der Waals surface area contributed by atoms with E-state index in [1.165, 1.54) is 12.8 Å². The summed E-state index contributed by atoms with van der Waals surface area (Å²) in [6.45, 7) is -1.96. The van der Waals surface area contributed by atoms with Gasteiger partial charge in [-0.2, -0.15) is 0 Å². The van der Waals surface area contributed by atoms with Gasteiger partial charge in [0, 0.05) is 0 Å². The molecule has 1 aliphatic rings. The lowest BCUT2D eigenvalue weighted by molar-refractivity contribution is 0.282. The summed E-state index contributed by atoms with van der Waals surface area (Å²) in [7, 11) is 0. The zero-order valence-corrected chi connectivity index (χ0v) is 8.52. The molecule has 1 saturated heterocycles. The summed E-state index contributed by atoms with van der Waals surface area (Å²) in [4.78, 5) is 2.18. The SMILES string of the molecule is F[B-](F)(F)CCCN1CCCCCC1. The molecule has 0 radical (unpaired) electrons. The Hall–Kier alpha value is -0.185. The third kappa shape index (κ3) is 5.53. The Morgan fingerprint density at radius 1 is 0.929 bits per heavy atom. The average molecular weight is 208 g/mol. The van der Waals surface area contributed by atoms with Gasteiger partial charge in [0.25, 0.3) is 0 Å². The first kappa shape index (κ1) is 11.9. The van der Waals surface area contributed by atoms with E-state index in [1.54, 1.807) is 0 Å². The van der Waals surface area contributed by atoms with Gasteiger partial charge < -0.3 is 17.8 Å². The first-order valence-electron chi connectivity index (χ1n) is 5.51. The standard InChI is InChI=1S/C9H18BF3N/c11-10(12,13)6-5-9-14-7-3-1-2-4-8-14/h1-9H2/q-1. The lowest BCUT2D eigenvalue weighted by atomic mass is 9.84. The molecule has 0 bridgehead atoms. The van der Waals surface area contributed by atoms with E-state index < -0.39 is 13.3 Å². The quantitative estimate of drug-likeness (QED) is 0.641. The Morgan fingerprint density at radius 2 is 1.50 bits per heavy atom. The van der Waals surface area contributed by atoms with Gasteiger partial charge >= 0.3 is 6.98 Å². The summed E-state index contributed by atoms with van der Waals surface area (Å²) in [6, 6.07) is 0. The molecule has 0 N–H and O–H groups in total. The number of halogens is 3. The van der Waals surface area contributed by atoms with Crippen LogP contribution in [0.25, 0.3) is 0 Å². The molecular formula is C9H18BF3N-. The van der Waals surface area contributed by atoms with E-state index in [2.05, 4.69) is 4.90 Å². The minimum atomic E-state index is -4.57. The zero-order chi connectivity index (χ0) is 10.4. The van der Waals surface area contributed by atoms with Crippen LogP contribution in [0.2, 0.25) is 6.32 Å². The maximum Gasteiger partial charge on any atom is 0.478 e. The van der Waals surface area contributed by atoms with Crippen LogP contribution in [0.4, 0.5) is 12.9 Å². The second-order valence-electron chi connectivity index (χ2n) is 4.11. The average Bonchev–Trinajstić information content (AvgIpc) is 2.30. The number of hydrogen-bond donors (Lipinski definition) is 0. The molecule has 14 heavy (non-hydrogen) atoms. The van der Waals surface area contributed by atoms with Gasteiger partial charge in [-0.05, 0) is 32.5 Å². The van der Waals surface area contributed by atoms with Gasteiger partial charge in [0.2, 0.25) is 0 Å². The molecule has 84 valence electrons. The van der Waals surface area contributed by atoms with Crippen LogP contribution in [0.3, 0.4) is 0 Å². The number of hydrogen-bond acceptors (Lipinski definition) is 1. The lowest BCUT2D eigenvalue weighted by Gasteiger charge is -2.21. The van der Waals surface area contributed by atoms with E-state index in [4.69, 9.17) is 0 Å². The fourth-order valence-corrected chi connectivity index (χ4v) is 1.91. The second kappa shape index (κ2) is 5.64. The van der Waals surface area contributed by atoms with Gasteiger partial charge in [0.15, 0.2) is 0 Å². The Bertz CT molecular complexity index is 153. The van der Waals surface area contributed by atoms with Gasteiger partial charge in [0.05, 0.1) is 0 Å². The largest absolute Gasteiger partial charge is 0.478 e. The van der Waals surface area contributed by atoms with Crippen LogP contribution in [0, 0.1) is 0 Å². The van der Waals surface area contributed by atoms with Crippen molar-refractivity contribution < 1.29 is 12.9 Å². The van der Waals surface area contributed by atoms with Crippen molar-refractivity contribution in [3.05, 3.63) is 0 Å². The Kier molecular flexibility index (Phi) is 4.79. The van der Waals surface area contributed by atoms with Gasteiger partial charge in [-0.15, -0.1) is 0 Å². The Labute approximate surface area is 83.7 Å². The van der Waals surface area contributed by atoms with Gasteiger partial charge in [-0.3, -0.25) is 0 Å². The fraction of sp³-hybridized carbons (Fsp3) is 1.00. The molecule has 0 spiro atoms. The summed E-state index contributed by atoms with van der Waals surface area (Å²) in [5.41, 5.74) is 0. The summed E-state index contributed by atoms with van der Waals surface area (Å²) in [5.74, 6) is 0. The van der Waals surface area contributed by atoms with Crippen molar-refractivity contribution in [1.82, 2.24) is 4.90 Å². The van der Waals surface area contributed by atoms with E-state index in [1.807, 2.05) is 0 Å². The van der Waals surface area contributed by atoms with Crippen molar-refractivity contribution in [2.45, 2.75) is 38.4 Å². The molecule has 1 fully saturated rings. The minimum Gasteiger partial charge on any atom is -0.449 e. The predicted octanol–water partition coefficient (Wildman–Crippen LogP) is 3.10. The normalized spacial score (nSPS) is 20.8. The van der Waals surface area contributed by atoms with E-state index in [-0.39, 0.29) is 6.42 Å². The molecule has 0 aromatic carbocycles. The van der Waals surface area contributed by atoms with Gasteiger partial charge in [-0.25, -0.2) is 0 Å². The highest BCUT2D eigenvalue weighted by atomic mass is 19.4. The minimum absolute atomic E-state index is 0.281. The molecule has 0 saturated carbocycles. The molecule has 1 heterocycles. The van der Waals surface area contributed by atoms with Crippen molar-refractivity contribution in [1.29, 1.82) is 0 Å². The molecule has 0 atom stereocenters. The third-order valence-corrected chi connectivity index (χ3v) is 2.70. The first-order chi connectivity index (χ1) is 6.58. The highest BCUT2D eigenvalue weighted by Crippen LogP contribution is 2.18. The molecule has 0 unspecified atom stereocenters. The smallest absolute Gasteiger partial charge is 0.449 e. The molecule has 0 aromatic heterocycles. The summed E-state index contributed by atoms with van der Waals surface area (Å²) in [6.07, 6.45) is 4.48. The van der Waals surface area contributed by atoms with Gasteiger partial charge in [-0.1, -0.05) is 25.6 Å². The molecule has 0 aromatic rings. The Morgan fingerprint density at radius 3 is 2.00 bits per heavy atom. The number of nitrogens with zero attached hydrogens (tertiary/aromatic N) is 1. The summed E-state index contributed by atoms with van der Waals surface area (Å²) < 4.78 is 35.8. The van der Waals surface area contributed by atoms with Crippen LogP contribution in [0.15, 0.2) is 0 Å².